The lowest BCUT2D eigenvalue weighted by Gasteiger charge is -2.00. The molecule has 0 spiro atoms. The van der Waals surface area contributed by atoms with Crippen molar-refractivity contribution >= 4 is 40.9 Å². The normalized spacial score (nSPS) is 10.8. The summed E-state index contributed by atoms with van der Waals surface area (Å²) in [5, 5.41) is 16.4. The molecule has 0 aliphatic heterocycles. The average Bonchev–Trinajstić information content (AvgIpc) is 2.91. The summed E-state index contributed by atoms with van der Waals surface area (Å²) in [6.07, 6.45) is 1.62. The Morgan fingerprint density at radius 3 is 2.73 bits per heavy atom. The first-order valence-electron chi connectivity index (χ1n) is 6.29. The van der Waals surface area contributed by atoms with Gasteiger partial charge in [-0.3, -0.25) is 14.9 Å². The Hall–Kier alpha value is -2.19. The number of hydrazone groups is 1. The van der Waals surface area contributed by atoms with E-state index >= 15 is 0 Å². The highest BCUT2D eigenvalue weighted by Crippen LogP contribution is 2.21. The molecule has 0 radical (unpaired) electrons. The van der Waals surface area contributed by atoms with Crippen molar-refractivity contribution < 1.29 is 9.72 Å². The Labute approximate surface area is 135 Å². The van der Waals surface area contributed by atoms with E-state index in [1.165, 1.54) is 23.9 Å². The van der Waals surface area contributed by atoms with Crippen molar-refractivity contribution in [3.05, 3.63) is 56.3 Å². The molecule has 0 aliphatic rings. The summed E-state index contributed by atoms with van der Waals surface area (Å²) < 4.78 is 0. The topological polar surface area (TPSA) is 84.6 Å². The molecule has 0 bridgehead atoms. The first kappa shape index (κ1) is 16.2. The van der Waals surface area contributed by atoms with Gasteiger partial charge in [-0.25, -0.2) is 5.43 Å². The van der Waals surface area contributed by atoms with Gasteiger partial charge < -0.3 is 0 Å². The van der Waals surface area contributed by atoms with Gasteiger partial charge in [-0.1, -0.05) is 0 Å². The van der Waals surface area contributed by atoms with E-state index in [0.29, 0.717) is 0 Å². The van der Waals surface area contributed by atoms with Crippen LogP contribution >= 0.6 is 23.1 Å². The minimum atomic E-state index is -0.456. The SMILES string of the molecule is Cc1ccsc1/C=N\NC(=O)CSc1ccc([N+](=O)[O-])cc1. The van der Waals surface area contributed by atoms with Gasteiger partial charge in [0.25, 0.3) is 5.69 Å². The fourth-order valence-electron chi connectivity index (χ4n) is 1.52. The van der Waals surface area contributed by atoms with Crippen molar-refractivity contribution in [2.45, 2.75) is 11.8 Å². The van der Waals surface area contributed by atoms with Gasteiger partial charge in [-0.05, 0) is 36.1 Å². The predicted octanol–water partition coefficient (Wildman–Crippen LogP) is 3.21. The number of nitrogens with one attached hydrogen (secondary N) is 1. The minimum Gasteiger partial charge on any atom is -0.272 e. The Bertz CT molecular complexity index is 696. The number of hydrogen-bond acceptors (Lipinski definition) is 6. The van der Waals surface area contributed by atoms with Crippen LogP contribution in [0.5, 0.6) is 0 Å². The van der Waals surface area contributed by atoms with Gasteiger partial charge >= 0.3 is 0 Å². The van der Waals surface area contributed by atoms with E-state index in [2.05, 4.69) is 10.5 Å². The number of carbonyl (C=O) groups excluding carboxylic acids is 1. The van der Waals surface area contributed by atoms with Crippen LogP contribution in [0, 0.1) is 17.0 Å². The van der Waals surface area contributed by atoms with Gasteiger partial charge in [-0.2, -0.15) is 5.10 Å². The molecule has 0 atom stereocenters. The number of amides is 1. The molecule has 1 aromatic carbocycles. The molecule has 1 N–H and O–H groups in total. The number of benzene rings is 1. The van der Waals surface area contributed by atoms with Gasteiger partial charge in [-0.15, -0.1) is 23.1 Å². The smallest absolute Gasteiger partial charge is 0.269 e. The number of nitrogens with zero attached hydrogens (tertiary/aromatic N) is 2. The van der Waals surface area contributed by atoms with Crippen molar-refractivity contribution in [2.24, 2.45) is 5.10 Å². The Morgan fingerprint density at radius 1 is 1.41 bits per heavy atom. The fraction of sp³-hybridized carbons (Fsp3) is 0.143. The number of thioether (sulfide) groups is 1. The zero-order valence-corrected chi connectivity index (χ0v) is 13.3. The molecule has 1 heterocycles. The van der Waals surface area contributed by atoms with E-state index < -0.39 is 4.92 Å². The Balaban J connectivity index is 1.79. The monoisotopic (exact) mass is 335 g/mol. The summed E-state index contributed by atoms with van der Waals surface area (Å²) in [4.78, 5) is 23.5. The van der Waals surface area contributed by atoms with Crippen LogP contribution in [0.15, 0.2) is 45.7 Å². The van der Waals surface area contributed by atoms with Crippen LogP contribution in [0.3, 0.4) is 0 Å². The number of aryl methyl sites for hydroxylation is 1. The van der Waals surface area contributed by atoms with Crippen LogP contribution < -0.4 is 5.43 Å². The van der Waals surface area contributed by atoms with Crippen LogP contribution in [-0.2, 0) is 4.79 Å². The zero-order valence-electron chi connectivity index (χ0n) is 11.7. The lowest BCUT2D eigenvalue weighted by atomic mass is 10.3. The molecule has 0 aliphatic carbocycles. The summed E-state index contributed by atoms with van der Waals surface area (Å²) in [7, 11) is 0. The van der Waals surface area contributed by atoms with Crippen LogP contribution in [0.4, 0.5) is 5.69 Å². The first-order valence-corrected chi connectivity index (χ1v) is 8.16. The summed E-state index contributed by atoms with van der Waals surface area (Å²) in [5.41, 5.74) is 3.60. The fourth-order valence-corrected chi connectivity index (χ4v) is 3.00. The summed E-state index contributed by atoms with van der Waals surface area (Å²) in [5.74, 6) is -0.0349. The van der Waals surface area contributed by atoms with Crippen molar-refractivity contribution in [2.75, 3.05) is 5.75 Å². The van der Waals surface area contributed by atoms with Crippen molar-refractivity contribution in [3.63, 3.8) is 0 Å². The van der Waals surface area contributed by atoms with Gasteiger partial charge in [0.05, 0.1) is 16.9 Å². The molecule has 1 amide bonds. The molecule has 22 heavy (non-hydrogen) atoms. The molecule has 8 heteroatoms. The lowest BCUT2D eigenvalue weighted by Crippen LogP contribution is -2.19. The molecule has 0 unspecified atom stereocenters. The molecule has 114 valence electrons. The molecule has 0 fully saturated rings. The van der Waals surface area contributed by atoms with Crippen molar-refractivity contribution in [3.8, 4) is 0 Å². The van der Waals surface area contributed by atoms with Gasteiger partial charge in [0.1, 0.15) is 0 Å². The number of hydrogen-bond donors (Lipinski definition) is 1. The quantitative estimate of drug-likeness (QED) is 0.380. The first-order chi connectivity index (χ1) is 10.6. The van der Waals surface area contributed by atoms with Crippen LogP contribution in [-0.4, -0.2) is 22.8 Å². The molecule has 2 aromatic rings. The molecule has 0 saturated heterocycles. The largest absolute Gasteiger partial charge is 0.272 e. The lowest BCUT2D eigenvalue weighted by molar-refractivity contribution is -0.384. The molecular formula is C14H13N3O3S2. The van der Waals surface area contributed by atoms with Crippen LogP contribution in [0.2, 0.25) is 0 Å². The highest BCUT2D eigenvalue weighted by Gasteiger charge is 2.06. The number of rotatable bonds is 6. The summed E-state index contributed by atoms with van der Waals surface area (Å²) >= 11 is 2.85. The third-order valence-electron chi connectivity index (χ3n) is 2.69. The second-order valence-corrected chi connectivity index (χ2v) is 6.30. The van der Waals surface area contributed by atoms with E-state index in [-0.39, 0.29) is 17.3 Å². The highest BCUT2D eigenvalue weighted by atomic mass is 32.2. The van der Waals surface area contributed by atoms with E-state index in [0.717, 1.165) is 15.3 Å². The second kappa shape index (κ2) is 7.71. The maximum absolute atomic E-state index is 11.7. The molecule has 1 aromatic heterocycles. The Morgan fingerprint density at radius 2 is 2.14 bits per heavy atom. The highest BCUT2D eigenvalue weighted by molar-refractivity contribution is 8.00. The average molecular weight is 335 g/mol. The predicted molar refractivity (Wildman–Crippen MR) is 88.6 cm³/mol. The standard InChI is InChI=1S/C14H13N3O3S2/c1-10-6-7-21-13(10)8-15-16-14(18)9-22-12-4-2-11(3-5-12)17(19)20/h2-8H,9H2,1H3,(H,16,18)/b15-8-. The van der Waals surface area contributed by atoms with E-state index in [9.17, 15) is 14.9 Å². The number of nitro benzene ring substituents is 1. The number of thiophene rings is 1. The van der Waals surface area contributed by atoms with Gasteiger partial charge in [0.2, 0.25) is 5.91 Å². The number of non-ortho nitro benzene ring substituents is 1. The van der Waals surface area contributed by atoms with Gasteiger partial charge in [0.15, 0.2) is 0 Å². The third kappa shape index (κ3) is 4.68. The van der Waals surface area contributed by atoms with Crippen LogP contribution in [0.25, 0.3) is 0 Å². The molecule has 0 saturated carbocycles. The Kier molecular flexibility index (Phi) is 5.68. The molecule has 6 nitrogen and oxygen atoms in total. The van der Waals surface area contributed by atoms with Gasteiger partial charge in [0, 0.05) is 21.9 Å². The second-order valence-electron chi connectivity index (χ2n) is 4.30. The summed E-state index contributed by atoms with van der Waals surface area (Å²) in [6, 6.07) is 8.05. The number of nitro groups is 1. The van der Waals surface area contributed by atoms with E-state index in [1.807, 2.05) is 18.4 Å². The summed E-state index contributed by atoms with van der Waals surface area (Å²) in [6.45, 7) is 1.98. The minimum absolute atomic E-state index is 0.0321. The maximum atomic E-state index is 11.7. The maximum Gasteiger partial charge on any atom is 0.269 e. The van der Waals surface area contributed by atoms with E-state index in [4.69, 9.17) is 0 Å². The van der Waals surface area contributed by atoms with Crippen molar-refractivity contribution in [1.29, 1.82) is 0 Å². The zero-order chi connectivity index (χ0) is 15.9. The third-order valence-corrected chi connectivity index (χ3v) is 4.66. The molecular weight excluding hydrogens is 322 g/mol. The van der Waals surface area contributed by atoms with E-state index in [1.54, 1.807) is 29.7 Å². The molecule has 2 rings (SSSR count). The van der Waals surface area contributed by atoms with Crippen LogP contribution in [0.1, 0.15) is 10.4 Å². The van der Waals surface area contributed by atoms with Crippen molar-refractivity contribution in [1.82, 2.24) is 5.43 Å². The number of carbonyl (C=O) groups is 1.